The topological polar surface area (TPSA) is 64.0 Å². The van der Waals surface area contributed by atoms with Crippen molar-refractivity contribution in [1.29, 1.82) is 0 Å². The normalized spacial score (nSPS) is 10.9. The molecule has 6 heteroatoms. The van der Waals surface area contributed by atoms with Crippen LogP contribution in [0.5, 0.6) is 0 Å². The minimum Gasteiger partial charge on any atom is -0.326 e. The van der Waals surface area contributed by atoms with Crippen LogP contribution in [0.4, 0.5) is 5.69 Å². The number of anilines is 1. The van der Waals surface area contributed by atoms with Crippen LogP contribution in [0.25, 0.3) is 21.3 Å². The molecule has 2 aromatic heterocycles. The van der Waals surface area contributed by atoms with E-state index in [9.17, 15) is 9.59 Å². The van der Waals surface area contributed by atoms with Crippen LogP contribution in [-0.2, 0) is 11.3 Å². The average Bonchev–Trinajstić information content (AvgIpc) is 3.05. The van der Waals surface area contributed by atoms with Gasteiger partial charge in [-0.25, -0.2) is 4.98 Å². The number of hydrogen-bond donors (Lipinski definition) is 1. The van der Waals surface area contributed by atoms with E-state index in [1.165, 1.54) is 22.2 Å². The van der Waals surface area contributed by atoms with E-state index in [0.29, 0.717) is 5.39 Å². The molecule has 0 aliphatic carbocycles. The number of para-hydroxylation sites is 1. The third-order valence-electron chi connectivity index (χ3n) is 4.55. The highest BCUT2D eigenvalue weighted by atomic mass is 32.1. The van der Waals surface area contributed by atoms with Crippen LogP contribution in [-0.4, -0.2) is 15.5 Å². The lowest BCUT2D eigenvalue weighted by atomic mass is 10.0. The molecule has 0 spiro atoms. The zero-order valence-corrected chi connectivity index (χ0v) is 16.2. The molecule has 0 aliphatic heterocycles. The van der Waals surface area contributed by atoms with E-state index < -0.39 is 0 Å². The molecule has 28 heavy (non-hydrogen) atoms. The highest BCUT2D eigenvalue weighted by molar-refractivity contribution is 7.19. The van der Waals surface area contributed by atoms with Crippen molar-refractivity contribution in [2.24, 2.45) is 0 Å². The Hall–Kier alpha value is -3.25. The van der Waals surface area contributed by atoms with Gasteiger partial charge in [-0.05, 0) is 24.6 Å². The van der Waals surface area contributed by atoms with Crippen LogP contribution in [0.2, 0.25) is 0 Å². The van der Waals surface area contributed by atoms with Gasteiger partial charge in [0.25, 0.3) is 5.56 Å². The van der Waals surface area contributed by atoms with Gasteiger partial charge in [-0.3, -0.25) is 14.2 Å². The van der Waals surface area contributed by atoms with Crippen molar-refractivity contribution >= 4 is 33.1 Å². The van der Waals surface area contributed by atoms with Crippen molar-refractivity contribution in [1.82, 2.24) is 9.55 Å². The van der Waals surface area contributed by atoms with Crippen LogP contribution < -0.4 is 10.9 Å². The standard InChI is InChI=1S/C22H19N3O2S/c1-15-19(16-8-4-2-5-9-16)20-21(28-15)23-14-25(22(20)27)13-12-18(26)24-17-10-6-3-7-11-17/h2-11,14H,12-13H2,1H3,(H,24,26). The largest absolute Gasteiger partial charge is 0.326 e. The molecule has 1 amide bonds. The number of rotatable bonds is 5. The summed E-state index contributed by atoms with van der Waals surface area (Å²) in [6.45, 7) is 2.29. The Labute approximate surface area is 166 Å². The number of carbonyl (C=O) groups is 1. The second-order valence-electron chi connectivity index (χ2n) is 6.49. The number of benzene rings is 2. The van der Waals surface area contributed by atoms with Crippen molar-refractivity contribution in [2.75, 3.05) is 5.32 Å². The number of fused-ring (bicyclic) bond motifs is 1. The minimum absolute atomic E-state index is 0.110. The number of thiophene rings is 1. The summed E-state index contributed by atoms with van der Waals surface area (Å²) in [5.41, 5.74) is 2.57. The summed E-state index contributed by atoms with van der Waals surface area (Å²) in [7, 11) is 0. The Morgan fingerprint density at radius 1 is 1.07 bits per heavy atom. The Morgan fingerprint density at radius 3 is 2.46 bits per heavy atom. The number of hydrogen-bond acceptors (Lipinski definition) is 4. The number of nitrogens with one attached hydrogen (secondary N) is 1. The van der Waals surface area contributed by atoms with Gasteiger partial charge >= 0.3 is 0 Å². The molecular weight excluding hydrogens is 370 g/mol. The van der Waals surface area contributed by atoms with Crippen LogP contribution in [0.15, 0.2) is 71.8 Å². The molecule has 2 aromatic carbocycles. The summed E-state index contributed by atoms with van der Waals surface area (Å²) < 4.78 is 1.52. The van der Waals surface area contributed by atoms with Crippen LogP contribution in [0.3, 0.4) is 0 Å². The Bertz CT molecular complexity index is 1180. The lowest BCUT2D eigenvalue weighted by Gasteiger charge is -2.08. The number of aryl methyl sites for hydroxylation is 2. The maximum atomic E-state index is 13.1. The summed E-state index contributed by atoms with van der Waals surface area (Å²) in [5, 5.41) is 3.46. The first-order valence-electron chi connectivity index (χ1n) is 9.02. The summed E-state index contributed by atoms with van der Waals surface area (Å²) in [6, 6.07) is 19.2. The predicted molar refractivity (Wildman–Crippen MR) is 114 cm³/mol. The molecule has 0 aliphatic rings. The van der Waals surface area contributed by atoms with Gasteiger partial charge in [-0.2, -0.15) is 0 Å². The van der Waals surface area contributed by atoms with Crippen molar-refractivity contribution < 1.29 is 4.79 Å². The minimum atomic E-state index is -0.136. The Balaban J connectivity index is 1.61. The quantitative estimate of drug-likeness (QED) is 0.548. The van der Waals surface area contributed by atoms with Crippen LogP contribution >= 0.6 is 11.3 Å². The highest BCUT2D eigenvalue weighted by Gasteiger charge is 2.17. The molecule has 4 rings (SSSR count). The summed E-state index contributed by atoms with van der Waals surface area (Å²) >= 11 is 1.52. The number of aromatic nitrogens is 2. The van der Waals surface area contributed by atoms with E-state index >= 15 is 0 Å². The van der Waals surface area contributed by atoms with Crippen molar-refractivity contribution in [3.63, 3.8) is 0 Å². The Kier molecular flexibility index (Phi) is 5.04. The van der Waals surface area contributed by atoms with Gasteiger partial charge in [0.05, 0.1) is 11.7 Å². The van der Waals surface area contributed by atoms with E-state index in [-0.39, 0.29) is 24.4 Å². The first-order chi connectivity index (χ1) is 13.6. The lowest BCUT2D eigenvalue weighted by molar-refractivity contribution is -0.116. The molecule has 0 atom stereocenters. The van der Waals surface area contributed by atoms with E-state index in [0.717, 1.165) is 26.5 Å². The summed E-state index contributed by atoms with van der Waals surface area (Å²) in [4.78, 5) is 31.6. The second kappa shape index (κ2) is 7.78. The summed E-state index contributed by atoms with van der Waals surface area (Å²) in [5.74, 6) is -0.136. The lowest BCUT2D eigenvalue weighted by Crippen LogP contribution is -2.23. The number of nitrogens with zero attached hydrogens (tertiary/aromatic N) is 2. The fraction of sp³-hybridized carbons (Fsp3) is 0.136. The molecule has 5 nitrogen and oxygen atoms in total. The van der Waals surface area contributed by atoms with Gasteiger partial charge in [-0.1, -0.05) is 48.5 Å². The zero-order chi connectivity index (χ0) is 19.5. The average molecular weight is 389 g/mol. The first kappa shape index (κ1) is 18.1. The van der Waals surface area contributed by atoms with Gasteiger partial charge in [0.2, 0.25) is 5.91 Å². The van der Waals surface area contributed by atoms with Gasteiger partial charge in [0.1, 0.15) is 4.83 Å². The molecule has 140 valence electrons. The number of carbonyl (C=O) groups excluding carboxylic acids is 1. The third-order valence-corrected chi connectivity index (χ3v) is 5.57. The molecule has 0 radical (unpaired) electrons. The first-order valence-corrected chi connectivity index (χ1v) is 9.84. The summed E-state index contributed by atoms with van der Waals surface area (Å²) in [6.07, 6.45) is 1.73. The van der Waals surface area contributed by atoms with E-state index in [4.69, 9.17) is 0 Å². The molecule has 0 bridgehead atoms. The van der Waals surface area contributed by atoms with Gasteiger partial charge in [0.15, 0.2) is 0 Å². The van der Waals surface area contributed by atoms with Crippen molar-refractivity contribution in [3.05, 3.63) is 82.2 Å². The molecule has 1 N–H and O–H groups in total. The zero-order valence-electron chi connectivity index (χ0n) is 15.4. The fourth-order valence-corrected chi connectivity index (χ4v) is 4.22. The molecule has 2 heterocycles. The van der Waals surface area contributed by atoms with E-state index in [1.807, 2.05) is 67.6 Å². The van der Waals surface area contributed by atoms with E-state index in [1.54, 1.807) is 0 Å². The smallest absolute Gasteiger partial charge is 0.262 e. The van der Waals surface area contributed by atoms with Gasteiger partial charge < -0.3 is 5.32 Å². The molecule has 0 saturated carbocycles. The van der Waals surface area contributed by atoms with Crippen LogP contribution in [0, 0.1) is 6.92 Å². The number of amides is 1. The molecule has 4 aromatic rings. The van der Waals surface area contributed by atoms with Crippen LogP contribution in [0.1, 0.15) is 11.3 Å². The molecular formula is C22H19N3O2S. The predicted octanol–water partition coefficient (Wildman–Crippen LogP) is 4.46. The molecule has 0 saturated heterocycles. The SMILES string of the molecule is Cc1sc2ncn(CCC(=O)Nc3ccccc3)c(=O)c2c1-c1ccccc1. The molecule has 0 fully saturated rings. The monoisotopic (exact) mass is 389 g/mol. The third kappa shape index (κ3) is 3.59. The van der Waals surface area contributed by atoms with Gasteiger partial charge in [0, 0.05) is 29.1 Å². The van der Waals surface area contributed by atoms with E-state index in [2.05, 4.69) is 10.3 Å². The second-order valence-corrected chi connectivity index (χ2v) is 7.69. The highest BCUT2D eigenvalue weighted by Crippen LogP contribution is 2.35. The molecule has 0 unspecified atom stereocenters. The fourth-order valence-electron chi connectivity index (χ4n) is 3.22. The van der Waals surface area contributed by atoms with Crippen molar-refractivity contribution in [2.45, 2.75) is 19.9 Å². The van der Waals surface area contributed by atoms with Gasteiger partial charge in [-0.15, -0.1) is 11.3 Å². The van der Waals surface area contributed by atoms with Crippen molar-refractivity contribution in [3.8, 4) is 11.1 Å². The maximum Gasteiger partial charge on any atom is 0.262 e. The Morgan fingerprint density at radius 2 is 1.75 bits per heavy atom. The maximum absolute atomic E-state index is 13.1.